The fourth-order valence-corrected chi connectivity index (χ4v) is 1.98. The minimum absolute atomic E-state index is 0.0434. The lowest BCUT2D eigenvalue weighted by Crippen LogP contribution is -2.21. The Morgan fingerprint density at radius 2 is 2.14 bits per heavy atom. The van der Waals surface area contributed by atoms with Gasteiger partial charge in [-0.15, -0.1) is 0 Å². The molecule has 1 heterocycles. The van der Waals surface area contributed by atoms with Crippen LogP contribution in [-0.2, 0) is 11.3 Å². The molecule has 0 bridgehead atoms. The topological polar surface area (TPSA) is 80.6 Å². The van der Waals surface area contributed by atoms with Gasteiger partial charge < -0.3 is 19.7 Å². The first-order valence-electron chi connectivity index (χ1n) is 6.03. The highest BCUT2D eigenvalue weighted by molar-refractivity contribution is 6.33. The molecule has 1 aromatic heterocycles. The third-order valence-electron chi connectivity index (χ3n) is 2.81. The summed E-state index contributed by atoms with van der Waals surface area (Å²) in [5.74, 6) is -0.919. The monoisotopic (exact) mass is 308 g/mol. The summed E-state index contributed by atoms with van der Waals surface area (Å²) in [6.07, 6.45) is 1.52. The largest absolute Gasteiger partial charge is 0.497 e. The Morgan fingerprint density at radius 1 is 1.38 bits per heavy atom. The van der Waals surface area contributed by atoms with Crippen LogP contribution in [0.2, 0.25) is 5.02 Å². The zero-order valence-electron chi connectivity index (χ0n) is 11.2. The quantitative estimate of drug-likeness (QED) is 0.889. The van der Waals surface area contributed by atoms with Gasteiger partial charge in [-0.2, -0.15) is 0 Å². The lowest BCUT2D eigenvalue weighted by atomic mass is 10.3. The molecule has 0 saturated carbocycles. The number of aromatic nitrogens is 1. The number of halogens is 1. The Labute approximate surface area is 125 Å². The van der Waals surface area contributed by atoms with Crippen LogP contribution in [0.5, 0.6) is 5.75 Å². The number of hydrogen-bond acceptors (Lipinski definition) is 3. The predicted molar refractivity (Wildman–Crippen MR) is 78.0 cm³/mol. The van der Waals surface area contributed by atoms with Gasteiger partial charge in [0.15, 0.2) is 0 Å². The molecule has 0 aliphatic heterocycles. The highest BCUT2D eigenvalue weighted by Crippen LogP contribution is 2.26. The Bertz CT molecular complexity index is 681. The number of ether oxygens (including phenoxy) is 1. The average Bonchev–Trinajstić information content (AvgIpc) is 2.89. The molecule has 0 saturated heterocycles. The molecule has 0 atom stereocenters. The van der Waals surface area contributed by atoms with Gasteiger partial charge in [0.05, 0.1) is 17.8 Å². The highest BCUT2D eigenvalue weighted by Gasteiger charge is 2.13. The first-order valence-corrected chi connectivity index (χ1v) is 6.41. The molecule has 0 aliphatic rings. The second-order valence-electron chi connectivity index (χ2n) is 4.22. The van der Waals surface area contributed by atoms with Gasteiger partial charge in [-0.1, -0.05) is 11.6 Å². The van der Waals surface area contributed by atoms with E-state index in [2.05, 4.69) is 5.32 Å². The van der Waals surface area contributed by atoms with Gasteiger partial charge in [-0.05, 0) is 24.3 Å². The van der Waals surface area contributed by atoms with E-state index in [1.807, 2.05) is 0 Å². The number of nitrogens with one attached hydrogen (secondary N) is 1. The fourth-order valence-electron chi connectivity index (χ4n) is 1.82. The van der Waals surface area contributed by atoms with E-state index >= 15 is 0 Å². The first kappa shape index (κ1) is 14.9. The number of carbonyl (C=O) groups is 2. The van der Waals surface area contributed by atoms with Gasteiger partial charge in [0.1, 0.15) is 18.0 Å². The van der Waals surface area contributed by atoms with Crippen molar-refractivity contribution >= 4 is 29.2 Å². The maximum Gasteiger partial charge on any atom is 0.352 e. The molecule has 2 N–H and O–H groups in total. The van der Waals surface area contributed by atoms with Crippen LogP contribution in [0.1, 0.15) is 10.5 Å². The summed E-state index contributed by atoms with van der Waals surface area (Å²) in [5, 5.41) is 12.0. The number of aromatic carboxylic acids is 1. The van der Waals surface area contributed by atoms with Crippen LogP contribution < -0.4 is 10.1 Å². The molecule has 2 rings (SSSR count). The molecule has 0 aliphatic carbocycles. The summed E-state index contributed by atoms with van der Waals surface area (Å²) in [6, 6.07) is 7.86. The second kappa shape index (κ2) is 6.32. The maximum atomic E-state index is 12.0. The Morgan fingerprint density at radius 3 is 2.81 bits per heavy atom. The number of nitrogens with zero attached hydrogens (tertiary/aromatic N) is 1. The minimum Gasteiger partial charge on any atom is -0.497 e. The molecular weight excluding hydrogens is 296 g/mol. The molecule has 0 spiro atoms. The standard InChI is InChI=1S/C14H13ClN2O4/c1-21-9-4-5-10(15)11(7-9)16-13(18)8-17-6-2-3-12(17)14(19)20/h2-7H,8H2,1H3,(H,16,18)(H,19,20). The van der Waals surface area contributed by atoms with Gasteiger partial charge in [0.2, 0.25) is 5.91 Å². The summed E-state index contributed by atoms with van der Waals surface area (Å²) in [4.78, 5) is 23.0. The number of rotatable bonds is 5. The molecule has 7 heteroatoms. The number of anilines is 1. The van der Waals surface area contributed by atoms with E-state index in [0.29, 0.717) is 16.5 Å². The van der Waals surface area contributed by atoms with Crippen molar-refractivity contribution in [1.82, 2.24) is 4.57 Å². The van der Waals surface area contributed by atoms with E-state index in [0.717, 1.165) is 0 Å². The zero-order valence-corrected chi connectivity index (χ0v) is 11.9. The van der Waals surface area contributed by atoms with Gasteiger partial charge in [-0.3, -0.25) is 4.79 Å². The zero-order chi connectivity index (χ0) is 15.4. The number of methoxy groups -OCH3 is 1. The molecule has 21 heavy (non-hydrogen) atoms. The lowest BCUT2D eigenvalue weighted by Gasteiger charge is -2.10. The Balaban J connectivity index is 2.11. The molecule has 1 aromatic carbocycles. The van der Waals surface area contributed by atoms with Crippen molar-refractivity contribution in [3.05, 3.63) is 47.2 Å². The SMILES string of the molecule is COc1ccc(Cl)c(NC(=O)Cn2cccc2C(=O)O)c1. The van der Waals surface area contributed by atoms with Crippen LogP contribution in [0.25, 0.3) is 0 Å². The van der Waals surface area contributed by atoms with Crippen molar-refractivity contribution in [1.29, 1.82) is 0 Å². The van der Waals surface area contributed by atoms with Crippen LogP contribution in [0.3, 0.4) is 0 Å². The summed E-state index contributed by atoms with van der Waals surface area (Å²) in [7, 11) is 1.51. The van der Waals surface area contributed by atoms with E-state index in [-0.39, 0.29) is 18.1 Å². The summed E-state index contributed by atoms with van der Waals surface area (Å²) >= 11 is 5.99. The van der Waals surface area contributed by atoms with Crippen molar-refractivity contribution in [3.63, 3.8) is 0 Å². The van der Waals surface area contributed by atoms with Crippen LogP contribution >= 0.6 is 11.6 Å². The number of hydrogen-bond donors (Lipinski definition) is 2. The van der Waals surface area contributed by atoms with Gasteiger partial charge in [0.25, 0.3) is 0 Å². The predicted octanol–water partition coefficient (Wildman–Crippen LogP) is 2.49. The normalized spacial score (nSPS) is 10.2. The molecule has 0 fully saturated rings. The van der Waals surface area contributed by atoms with Crippen molar-refractivity contribution in [2.24, 2.45) is 0 Å². The third-order valence-corrected chi connectivity index (χ3v) is 3.14. The summed E-state index contributed by atoms with van der Waals surface area (Å²) in [5.41, 5.74) is 0.451. The van der Waals surface area contributed by atoms with Gasteiger partial charge in [0, 0.05) is 12.3 Å². The van der Waals surface area contributed by atoms with E-state index in [1.165, 1.54) is 23.9 Å². The van der Waals surface area contributed by atoms with Crippen LogP contribution in [0.15, 0.2) is 36.5 Å². The van der Waals surface area contributed by atoms with Crippen molar-refractivity contribution in [2.75, 3.05) is 12.4 Å². The molecule has 0 radical (unpaired) electrons. The lowest BCUT2D eigenvalue weighted by molar-refractivity contribution is -0.116. The first-order chi connectivity index (χ1) is 10.0. The summed E-state index contributed by atoms with van der Waals surface area (Å²) in [6.45, 7) is -0.123. The molecule has 110 valence electrons. The highest BCUT2D eigenvalue weighted by atomic mass is 35.5. The van der Waals surface area contributed by atoms with Gasteiger partial charge in [-0.25, -0.2) is 4.79 Å². The van der Waals surface area contributed by atoms with Crippen LogP contribution in [-0.4, -0.2) is 28.7 Å². The van der Waals surface area contributed by atoms with Gasteiger partial charge >= 0.3 is 5.97 Å². The Hall–Kier alpha value is -2.47. The molecule has 6 nitrogen and oxygen atoms in total. The van der Waals surface area contributed by atoms with E-state index in [4.69, 9.17) is 21.4 Å². The van der Waals surface area contributed by atoms with E-state index < -0.39 is 5.97 Å². The number of amides is 1. The number of benzene rings is 1. The minimum atomic E-state index is -1.09. The second-order valence-corrected chi connectivity index (χ2v) is 4.63. The smallest absolute Gasteiger partial charge is 0.352 e. The molecule has 2 aromatic rings. The molecule has 1 amide bonds. The number of carboxylic acids is 1. The van der Waals surface area contributed by atoms with E-state index in [9.17, 15) is 9.59 Å². The Kier molecular flexibility index (Phi) is 4.49. The van der Waals surface area contributed by atoms with Crippen LogP contribution in [0.4, 0.5) is 5.69 Å². The van der Waals surface area contributed by atoms with Crippen molar-refractivity contribution in [2.45, 2.75) is 6.54 Å². The average molecular weight is 309 g/mol. The van der Waals surface area contributed by atoms with Crippen LogP contribution in [0, 0.1) is 0 Å². The fraction of sp³-hybridized carbons (Fsp3) is 0.143. The maximum absolute atomic E-state index is 12.0. The number of carbonyl (C=O) groups excluding carboxylic acids is 1. The molecule has 0 unspecified atom stereocenters. The van der Waals surface area contributed by atoms with Crippen molar-refractivity contribution in [3.8, 4) is 5.75 Å². The van der Waals surface area contributed by atoms with Crippen molar-refractivity contribution < 1.29 is 19.4 Å². The third kappa shape index (κ3) is 3.55. The summed E-state index contributed by atoms with van der Waals surface area (Å²) < 4.78 is 6.39. The molecular formula is C14H13ClN2O4. The van der Waals surface area contributed by atoms with E-state index in [1.54, 1.807) is 24.3 Å². The number of carboxylic acid groups (broad SMARTS) is 1.